The molecule has 0 fully saturated rings. The highest BCUT2D eigenvalue weighted by Gasteiger charge is 2.29. The van der Waals surface area contributed by atoms with E-state index in [1.54, 1.807) is 6.07 Å². The van der Waals surface area contributed by atoms with Crippen molar-refractivity contribution in [3.05, 3.63) is 27.8 Å². The summed E-state index contributed by atoms with van der Waals surface area (Å²) < 4.78 is 10.3. The van der Waals surface area contributed by atoms with Gasteiger partial charge in [-0.3, -0.25) is 10.1 Å². The number of nitrogens with zero attached hydrogens (tertiary/aromatic N) is 1. The average Bonchev–Trinajstić information content (AvgIpc) is 2.63. The molecular formula is C9H8BrNO4. The lowest BCUT2D eigenvalue weighted by atomic mass is 10.1. The van der Waals surface area contributed by atoms with Gasteiger partial charge in [-0.05, 0) is 13.0 Å². The number of ether oxygens (including phenoxy) is 2. The summed E-state index contributed by atoms with van der Waals surface area (Å²) in [5.41, 5.74) is 0.799. The smallest absolute Gasteiger partial charge is 0.315 e. The van der Waals surface area contributed by atoms with Gasteiger partial charge in [0.15, 0.2) is 5.75 Å². The highest BCUT2D eigenvalue weighted by atomic mass is 79.9. The van der Waals surface area contributed by atoms with Crippen molar-refractivity contribution in [1.29, 1.82) is 0 Å². The standard InChI is InChI=1S/C9H8BrNO4/c1-5(10)6-2-3-7(11(12)13)9-8(6)14-4-15-9/h2-3,5H,4H2,1H3. The number of benzene rings is 1. The largest absolute Gasteiger partial charge is 0.453 e. The molecule has 6 heteroatoms. The monoisotopic (exact) mass is 273 g/mol. The number of alkyl halides is 1. The molecule has 5 nitrogen and oxygen atoms in total. The van der Waals surface area contributed by atoms with Gasteiger partial charge < -0.3 is 9.47 Å². The first-order chi connectivity index (χ1) is 7.11. The third-order valence-corrected chi connectivity index (χ3v) is 2.65. The lowest BCUT2D eigenvalue weighted by Crippen LogP contribution is -1.94. The number of rotatable bonds is 2. The quantitative estimate of drug-likeness (QED) is 0.472. The third-order valence-electron chi connectivity index (χ3n) is 2.15. The van der Waals surface area contributed by atoms with Crippen LogP contribution < -0.4 is 9.47 Å². The lowest BCUT2D eigenvalue weighted by Gasteiger charge is -2.07. The first-order valence-corrected chi connectivity index (χ1v) is 5.23. The SMILES string of the molecule is CC(Br)c1ccc([N+](=O)[O-])c2c1OCO2. The Balaban J connectivity index is 2.58. The molecule has 0 bridgehead atoms. The van der Waals surface area contributed by atoms with E-state index in [0.29, 0.717) is 5.75 Å². The van der Waals surface area contributed by atoms with Crippen LogP contribution in [0.3, 0.4) is 0 Å². The normalized spacial score (nSPS) is 15.1. The Kier molecular flexibility index (Phi) is 2.52. The minimum atomic E-state index is -0.476. The van der Waals surface area contributed by atoms with Gasteiger partial charge in [0.25, 0.3) is 0 Å². The van der Waals surface area contributed by atoms with E-state index in [4.69, 9.17) is 9.47 Å². The molecule has 2 rings (SSSR count). The Hall–Kier alpha value is -1.30. The van der Waals surface area contributed by atoms with Crippen molar-refractivity contribution in [1.82, 2.24) is 0 Å². The second kappa shape index (κ2) is 3.69. The molecule has 0 saturated carbocycles. The van der Waals surface area contributed by atoms with Crippen molar-refractivity contribution < 1.29 is 14.4 Å². The predicted molar refractivity (Wildman–Crippen MR) is 56.6 cm³/mol. The van der Waals surface area contributed by atoms with Crippen LogP contribution in [-0.4, -0.2) is 11.7 Å². The molecule has 0 N–H and O–H groups in total. The molecule has 1 atom stereocenters. The van der Waals surface area contributed by atoms with Crippen molar-refractivity contribution in [2.75, 3.05) is 6.79 Å². The predicted octanol–water partition coefficient (Wildman–Crippen LogP) is 2.78. The van der Waals surface area contributed by atoms with E-state index in [1.807, 2.05) is 6.92 Å². The van der Waals surface area contributed by atoms with Crippen molar-refractivity contribution in [2.45, 2.75) is 11.8 Å². The maximum Gasteiger partial charge on any atom is 0.315 e. The van der Waals surface area contributed by atoms with Gasteiger partial charge in [0, 0.05) is 16.5 Å². The van der Waals surface area contributed by atoms with Crippen LogP contribution in [-0.2, 0) is 0 Å². The van der Waals surface area contributed by atoms with Gasteiger partial charge in [0.2, 0.25) is 12.5 Å². The van der Waals surface area contributed by atoms with E-state index in [9.17, 15) is 10.1 Å². The summed E-state index contributed by atoms with van der Waals surface area (Å²) in [5.74, 6) is 0.692. The lowest BCUT2D eigenvalue weighted by molar-refractivity contribution is -0.385. The van der Waals surface area contributed by atoms with E-state index in [1.165, 1.54) is 6.07 Å². The zero-order valence-electron chi connectivity index (χ0n) is 7.90. The number of hydrogen-bond acceptors (Lipinski definition) is 4. The molecular weight excluding hydrogens is 266 g/mol. The van der Waals surface area contributed by atoms with Crippen LogP contribution in [0, 0.1) is 10.1 Å². The molecule has 0 aliphatic carbocycles. The Morgan fingerprint density at radius 2 is 2.13 bits per heavy atom. The summed E-state index contributed by atoms with van der Waals surface area (Å²) in [6, 6.07) is 3.10. The summed E-state index contributed by atoms with van der Waals surface area (Å²) in [5, 5.41) is 10.7. The molecule has 15 heavy (non-hydrogen) atoms. The van der Waals surface area contributed by atoms with Crippen LogP contribution in [0.1, 0.15) is 17.3 Å². The van der Waals surface area contributed by atoms with Crippen LogP contribution in [0.2, 0.25) is 0 Å². The number of hydrogen-bond donors (Lipinski definition) is 0. The van der Waals surface area contributed by atoms with Crippen molar-refractivity contribution in [3.63, 3.8) is 0 Å². The Morgan fingerprint density at radius 1 is 1.47 bits per heavy atom. The van der Waals surface area contributed by atoms with Crippen molar-refractivity contribution in [2.24, 2.45) is 0 Å². The fourth-order valence-corrected chi connectivity index (χ4v) is 1.82. The summed E-state index contributed by atoms with van der Waals surface area (Å²) in [6.45, 7) is 1.95. The Morgan fingerprint density at radius 3 is 2.73 bits per heavy atom. The van der Waals surface area contributed by atoms with E-state index < -0.39 is 4.92 Å². The first kappa shape index (κ1) is 10.2. The maximum atomic E-state index is 10.7. The second-order valence-corrected chi connectivity index (χ2v) is 4.49. The van der Waals surface area contributed by atoms with E-state index >= 15 is 0 Å². The Labute approximate surface area is 94.3 Å². The molecule has 1 heterocycles. The molecule has 1 aliphatic rings. The molecule has 1 aliphatic heterocycles. The van der Waals surface area contributed by atoms with E-state index in [-0.39, 0.29) is 23.1 Å². The first-order valence-electron chi connectivity index (χ1n) is 4.32. The van der Waals surface area contributed by atoms with Crippen LogP contribution >= 0.6 is 15.9 Å². The highest BCUT2D eigenvalue weighted by molar-refractivity contribution is 9.09. The second-order valence-electron chi connectivity index (χ2n) is 3.11. The highest BCUT2D eigenvalue weighted by Crippen LogP contribution is 2.46. The fraction of sp³-hybridized carbons (Fsp3) is 0.333. The molecule has 0 aromatic heterocycles. The molecule has 0 saturated heterocycles. The summed E-state index contributed by atoms with van der Waals surface area (Å²) in [4.78, 5) is 10.3. The van der Waals surface area contributed by atoms with Crippen molar-refractivity contribution in [3.8, 4) is 11.5 Å². The van der Waals surface area contributed by atoms with E-state index in [0.717, 1.165) is 5.56 Å². The molecule has 0 amide bonds. The van der Waals surface area contributed by atoms with Crippen molar-refractivity contribution >= 4 is 21.6 Å². The molecule has 1 aromatic carbocycles. The van der Waals surface area contributed by atoms with Crippen LogP contribution in [0.5, 0.6) is 11.5 Å². The third kappa shape index (κ3) is 1.65. The van der Waals surface area contributed by atoms with Crippen LogP contribution in [0.15, 0.2) is 12.1 Å². The number of halogens is 1. The van der Waals surface area contributed by atoms with Gasteiger partial charge >= 0.3 is 5.69 Å². The minimum Gasteiger partial charge on any atom is -0.453 e. The molecule has 80 valence electrons. The van der Waals surface area contributed by atoms with Gasteiger partial charge in [0.05, 0.1) is 4.92 Å². The number of nitro groups is 1. The fourth-order valence-electron chi connectivity index (χ4n) is 1.46. The Bertz CT molecular complexity index is 419. The average molecular weight is 274 g/mol. The minimum absolute atomic E-state index is 0.0346. The summed E-state index contributed by atoms with van der Waals surface area (Å²) in [6.07, 6.45) is 0. The molecule has 0 spiro atoms. The molecule has 0 radical (unpaired) electrons. The summed E-state index contributed by atoms with van der Waals surface area (Å²) >= 11 is 3.39. The van der Waals surface area contributed by atoms with Gasteiger partial charge in [-0.1, -0.05) is 15.9 Å². The molecule has 1 unspecified atom stereocenters. The molecule has 1 aromatic rings. The van der Waals surface area contributed by atoms with E-state index in [2.05, 4.69) is 15.9 Å². The zero-order valence-corrected chi connectivity index (χ0v) is 9.48. The topological polar surface area (TPSA) is 61.6 Å². The van der Waals surface area contributed by atoms with Crippen LogP contribution in [0.4, 0.5) is 5.69 Å². The maximum absolute atomic E-state index is 10.7. The number of nitro benzene ring substituents is 1. The van der Waals surface area contributed by atoms with Gasteiger partial charge in [-0.2, -0.15) is 0 Å². The van der Waals surface area contributed by atoms with Crippen LogP contribution in [0.25, 0.3) is 0 Å². The summed E-state index contributed by atoms with van der Waals surface area (Å²) in [7, 11) is 0. The zero-order chi connectivity index (χ0) is 11.0. The van der Waals surface area contributed by atoms with Gasteiger partial charge in [0.1, 0.15) is 0 Å². The number of fused-ring (bicyclic) bond motifs is 1. The van der Waals surface area contributed by atoms with Gasteiger partial charge in [-0.25, -0.2) is 0 Å². The van der Waals surface area contributed by atoms with Gasteiger partial charge in [-0.15, -0.1) is 0 Å².